The molecule has 8 aromatic rings. The fourth-order valence-electron chi connectivity index (χ4n) is 12.1. The Kier molecular flexibility index (Phi) is 17.9. The highest BCUT2D eigenvalue weighted by atomic mass is 32.2. The number of aromatic nitrogens is 5. The van der Waals surface area contributed by atoms with E-state index in [4.69, 9.17) is 4.98 Å². The number of carbonyl (C=O) groups excluding carboxylic acids is 5. The molecule has 4 aromatic heterocycles. The van der Waals surface area contributed by atoms with E-state index in [0.29, 0.717) is 79.6 Å². The third-order valence-electron chi connectivity index (χ3n) is 17.0. The monoisotopic (exact) mass is 1260 g/mol. The van der Waals surface area contributed by atoms with Crippen LogP contribution in [0.25, 0.3) is 31.8 Å². The summed E-state index contributed by atoms with van der Waals surface area (Å²) in [6.07, 6.45) is 2.28. The van der Waals surface area contributed by atoms with Crippen molar-refractivity contribution in [3.05, 3.63) is 154 Å². The van der Waals surface area contributed by atoms with Gasteiger partial charge < -0.3 is 30.4 Å². The molecule has 4 aromatic carbocycles. The molecule has 3 aliphatic heterocycles. The lowest BCUT2D eigenvalue weighted by atomic mass is 9.84. The molecule has 3 aliphatic rings. The molecule has 464 valence electrons. The van der Waals surface area contributed by atoms with Crippen LogP contribution < -0.4 is 30.5 Å². The van der Waals surface area contributed by atoms with Crippen molar-refractivity contribution in [3.8, 4) is 21.6 Å². The fourth-order valence-corrected chi connectivity index (χ4v) is 14.7. The number of carbonyl (C=O) groups is 5. The number of piperidine rings is 1. The zero-order chi connectivity index (χ0) is 63.1. The molecule has 0 aliphatic carbocycles. The number of para-hydroxylation sites is 1. The van der Waals surface area contributed by atoms with Crippen molar-refractivity contribution in [2.24, 2.45) is 17.3 Å². The quantitative estimate of drug-likeness (QED) is 0.0569. The highest BCUT2D eigenvalue weighted by Gasteiger charge is 2.45. The first kappa shape index (κ1) is 62.2. The number of aliphatic hydroxyl groups excluding tert-OH is 1. The molecule has 0 spiro atoms. The van der Waals surface area contributed by atoms with Crippen molar-refractivity contribution in [1.82, 2.24) is 45.0 Å². The van der Waals surface area contributed by atoms with Gasteiger partial charge in [0.05, 0.1) is 49.5 Å². The van der Waals surface area contributed by atoms with Crippen LogP contribution in [0.5, 0.6) is 0 Å². The fraction of sp³-hybridized carbons (Fsp3) is 0.379. The lowest BCUT2D eigenvalue weighted by Crippen LogP contribution is -2.59. The number of anilines is 3. The molecule has 4 atom stereocenters. The van der Waals surface area contributed by atoms with Crippen LogP contribution in [0, 0.1) is 31.1 Å². The van der Waals surface area contributed by atoms with E-state index in [2.05, 4.69) is 54.5 Å². The number of benzene rings is 4. The van der Waals surface area contributed by atoms with Crippen LogP contribution >= 0.6 is 22.7 Å². The Balaban J connectivity index is 0.737. The number of rotatable bonds is 17. The average Bonchev–Trinajstić information content (AvgIpc) is 2.21. The second-order valence-corrected chi connectivity index (χ2v) is 28.4. The molecule has 2 fully saturated rings. The van der Waals surface area contributed by atoms with Crippen molar-refractivity contribution < 1.29 is 37.5 Å². The van der Waals surface area contributed by atoms with Crippen LogP contribution in [0.2, 0.25) is 0 Å². The average molecular weight is 1260 g/mol. The molecule has 0 saturated carbocycles. The van der Waals surface area contributed by atoms with E-state index < -0.39 is 51.4 Å². The third-order valence-corrected chi connectivity index (χ3v) is 20.3. The number of hydrogen-bond acceptors (Lipinski definition) is 16. The summed E-state index contributed by atoms with van der Waals surface area (Å²) >= 11 is 2.96. The lowest BCUT2D eigenvalue weighted by molar-refractivity contribution is -0.144. The Hall–Kier alpha value is -8.38. The van der Waals surface area contributed by atoms with Gasteiger partial charge in [-0.15, -0.1) is 11.3 Å². The molecule has 5 N–H and O–H groups in total. The second-order valence-electron chi connectivity index (χ2n) is 24.9. The molecular weight excluding hydrogens is 1190 g/mol. The largest absolute Gasteiger partial charge is 0.391 e. The van der Waals surface area contributed by atoms with Gasteiger partial charge in [0.15, 0.2) is 5.13 Å². The summed E-state index contributed by atoms with van der Waals surface area (Å²) in [5.74, 6) is -2.09. The first-order valence-electron chi connectivity index (χ1n) is 30.1. The number of pyridine rings is 1. The first-order valence-corrected chi connectivity index (χ1v) is 33.3. The van der Waals surface area contributed by atoms with Crippen LogP contribution in [0.1, 0.15) is 116 Å². The molecule has 11 rings (SSSR count). The minimum atomic E-state index is -4.46. The van der Waals surface area contributed by atoms with Crippen molar-refractivity contribution in [3.63, 3.8) is 0 Å². The van der Waals surface area contributed by atoms with Gasteiger partial charge in [0, 0.05) is 79.7 Å². The van der Waals surface area contributed by atoms with Gasteiger partial charge in [-0.05, 0) is 128 Å². The molecule has 2 saturated heterocycles. The Bertz CT molecular complexity index is 4060. The number of fused-ring (bicyclic) bond motifs is 2. The maximum Gasteiger partial charge on any atom is 0.284 e. The number of aryl methyl sites for hydroxylation is 1. The number of thiazole rings is 2. The van der Waals surface area contributed by atoms with Gasteiger partial charge in [0.2, 0.25) is 17.7 Å². The SMILES string of the molecule is Cc1ncsc1-c1ccc([C@H](C)NC(=O)[C@@H]2C[C@@H](O)CN2C(=O)[C@@H](NC(=O)C2CCN(c3ccc(S(=O)(=O)NC(=O)c4nc(N5CCc6cccc(C(=O)Nc7nc8ccccc8s7)c6C5)ccc4-c4cnn(CC(C)C)c4C)cc3)CC2)C(C)(C)C)cc1. The molecule has 89 heavy (non-hydrogen) atoms. The van der Waals surface area contributed by atoms with Crippen LogP contribution in [0.4, 0.5) is 16.6 Å². The lowest BCUT2D eigenvalue weighted by Gasteiger charge is -2.38. The summed E-state index contributed by atoms with van der Waals surface area (Å²) in [7, 11) is -4.46. The highest BCUT2D eigenvalue weighted by molar-refractivity contribution is 7.90. The topological polar surface area (TPSA) is 254 Å². The van der Waals surface area contributed by atoms with Crippen molar-refractivity contribution >= 4 is 89.1 Å². The van der Waals surface area contributed by atoms with Crippen LogP contribution in [0.15, 0.2) is 120 Å². The summed E-state index contributed by atoms with van der Waals surface area (Å²) in [5, 5.41) is 25.0. The van der Waals surface area contributed by atoms with Crippen LogP contribution in [-0.2, 0) is 43.9 Å². The van der Waals surface area contributed by atoms with Crippen molar-refractivity contribution in [1.29, 1.82) is 0 Å². The number of likely N-dealkylation sites (tertiary alicyclic amines) is 1. The van der Waals surface area contributed by atoms with Gasteiger partial charge in [-0.3, -0.25) is 34.0 Å². The molecule has 0 unspecified atom stereocenters. The molecule has 5 amide bonds. The van der Waals surface area contributed by atoms with E-state index >= 15 is 0 Å². The Labute approximate surface area is 526 Å². The highest BCUT2D eigenvalue weighted by Crippen LogP contribution is 2.35. The summed E-state index contributed by atoms with van der Waals surface area (Å²) < 4.78 is 33.6. The minimum absolute atomic E-state index is 0.0481. The molecule has 23 heteroatoms. The molecule has 20 nitrogen and oxygen atoms in total. The van der Waals surface area contributed by atoms with E-state index in [1.54, 1.807) is 47.9 Å². The smallest absolute Gasteiger partial charge is 0.284 e. The maximum absolute atomic E-state index is 14.6. The molecule has 7 heterocycles. The minimum Gasteiger partial charge on any atom is -0.391 e. The van der Waals surface area contributed by atoms with E-state index in [9.17, 15) is 37.5 Å². The van der Waals surface area contributed by atoms with E-state index in [-0.39, 0.29) is 53.2 Å². The van der Waals surface area contributed by atoms with Gasteiger partial charge in [-0.1, -0.05) is 94.5 Å². The normalized spacial score (nSPS) is 17.1. The Morgan fingerprint density at radius 1 is 0.798 bits per heavy atom. The molecule has 0 bridgehead atoms. The number of nitrogens with one attached hydrogen (secondary N) is 4. The van der Waals surface area contributed by atoms with Gasteiger partial charge in [0.25, 0.3) is 21.8 Å². The number of sulfonamides is 1. The Morgan fingerprint density at radius 3 is 2.24 bits per heavy atom. The zero-order valence-electron chi connectivity index (χ0n) is 51.1. The van der Waals surface area contributed by atoms with E-state index in [0.717, 1.165) is 54.4 Å². The maximum atomic E-state index is 14.6. The standard InChI is InChI=1S/C66H74N12O8S3/c1-38(2)34-78-41(5)51(33-68-78)49-24-25-56(76-31-26-43-12-11-13-50(52(43)36-76)61(81)73-65-70-53-14-9-10-15-55(53)88-65)71-57(49)63(83)74-89(85,86)48-22-20-46(21-23-48)75-29-27-45(28-30-75)60(80)72-59(66(6,7)8)64(84)77-35-47(79)32-54(77)62(82)69-39(3)42-16-18-44(19-17-42)58-40(4)67-37-87-58/h9-25,33,37-39,45,47,54,59,79H,26-32,34-36H2,1-8H3,(H,69,82)(H,72,80)(H,74,83)(H,70,73,81)/t39-,47+,54-,59+/m0/s1. The van der Waals surface area contributed by atoms with Gasteiger partial charge in [0.1, 0.15) is 23.6 Å². The van der Waals surface area contributed by atoms with Gasteiger partial charge >= 0.3 is 0 Å². The van der Waals surface area contributed by atoms with Gasteiger partial charge in [-0.25, -0.2) is 28.1 Å². The van der Waals surface area contributed by atoms with Crippen LogP contribution in [-0.4, -0.2) is 117 Å². The molecular formula is C66H74N12O8S3. The summed E-state index contributed by atoms with van der Waals surface area (Å²) in [5.41, 5.74) is 9.45. The summed E-state index contributed by atoms with van der Waals surface area (Å²) in [6, 6.07) is 28.7. The van der Waals surface area contributed by atoms with E-state index in [1.807, 2.05) is 117 Å². The third kappa shape index (κ3) is 13.5. The van der Waals surface area contributed by atoms with Crippen molar-refractivity contribution in [2.45, 2.75) is 123 Å². The number of amides is 5. The predicted octanol–water partition coefficient (Wildman–Crippen LogP) is 9.47. The zero-order valence-corrected chi connectivity index (χ0v) is 53.6. The number of nitrogens with zero attached hydrogens (tertiary/aromatic N) is 8. The van der Waals surface area contributed by atoms with Crippen molar-refractivity contribution in [2.75, 3.05) is 41.3 Å². The summed E-state index contributed by atoms with van der Waals surface area (Å²) in [4.78, 5) is 91.2. The van der Waals surface area contributed by atoms with E-state index in [1.165, 1.54) is 28.4 Å². The second kappa shape index (κ2) is 25.6. The summed E-state index contributed by atoms with van der Waals surface area (Å²) in [6.45, 7) is 17.8. The molecule has 0 radical (unpaired) electrons. The number of aliphatic hydroxyl groups is 1. The van der Waals surface area contributed by atoms with Crippen LogP contribution in [0.3, 0.4) is 0 Å². The van der Waals surface area contributed by atoms with Gasteiger partial charge in [-0.2, -0.15) is 5.10 Å². The first-order chi connectivity index (χ1) is 42.5. The predicted molar refractivity (Wildman–Crippen MR) is 346 cm³/mol. The number of hydrogen-bond donors (Lipinski definition) is 5. The Morgan fingerprint density at radius 2 is 1.54 bits per heavy atom. The number of β-amino-alcohol motifs (C(OH)–C–C–N with tert-alkyl or cyclic N) is 1.